The summed E-state index contributed by atoms with van der Waals surface area (Å²) < 4.78 is 11.0. The van der Waals surface area contributed by atoms with Gasteiger partial charge in [-0.3, -0.25) is 4.90 Å². The van der Waals surface area contributed by atoms with Crippen molar-refractivity contribution in [2.24, 2.45) is 0 Å². The Morgan fingerprint density at radius 3 is 2.28 bits per heavy atom. The lowest BCUT2D eigenvalue weighted by Gasteiger charge is -2.47. The molecular weight excluding hydrogens is 226 g/mol. The van der Waals surface area contributed by atoms with Gasteiger partial charge in [-0.15, -0.1) is 0 Å². The number of rotatable bonds is 4. The molecular formula is C15H23NO2. The smallest absolute Gasteiger partial charge is 0.118 e. The topological polar surface area (TPSA) is 21.7 Å². The Labute approximate surface area is 110 Å². The van der Waals surface area contributed by atoms with E-state index in [0.717, 1.165) is 18.8 Å². The molecule has 0 radical (unpaired) electrons. The number of hydrogen-bond acceptors (Lipinski definition) is 3. The molecule has 0 atom stereocenters. The van der Waals surface area contributed by atoms with Crippen molar-refractivity contribution in [1.29, 1.82) is 0 Å². The van der Waals surface area contributed by atoms with Crippen LogP contribution in [0.4, 0.5) is 0 Å². The van der Waals surface area contributed by atoms with E-state index < -0.39 is 0 Å². The maximum Gasteiger partial charge on any atom is 0.118 e. The minimum Gasteiger partial charge on any atom is -0.497 e. The number of hydrogen-bond donors (Lipinski definition) is 0. The van der Waals surface area contributed by atoms with E-state index in [-0.39, 0.29) is 5.54 Å². The van der Waals surface area contributed by atoms with E-state index in [1.165, 1.54) is 5.56 Å². The molecule has 1 saturated heterocycles. The van der Waals surface area contributed by atoms with Gasteiger partial charge in [0.05, 0.1) is 19.8 Å². The first-order valence-electron chi connectivity index (χ1n) is 6.48. The third-order valence-electron chi connectivity index (χ3n) is 3.44. The fourth-order valence-corrected chi connectivity index (χ4v) is 2.03. The quantitative estimate of drug-likeness (QED) is 0.819. The second-order valence-corrected chi connectivity index (χ2v) is 5.86. The molecule has 1 aliphatic heterocycles. The monoisotopic (exact) mass is 249 g/mol. The van der Waals surface area contributed by atoms with Crippen LogP contribution in [0.3, 0.4) is 0 Å². The minimum atomic E-state index is 0.264. The highest BCUT2D eigenvalue weighted by Gasteiger charge is 2.34. The molecule has 1 fully saturated rings. The highest BCUT2D eigenvalue weighted by atomic mass is 16.5. The summed E-state index contributed by atoms with van der Waals surface area (Å²) in [6, 6.07) is 8.06. The summed E-state index contributed by atoms with van der Waals surface area (Å²) in [6.45, 7) is 9.50. The van der Waals surface area contributed by atoms with Crippen LogP contribution in [0.1, 0.15) is 26.3 Å². The molecule has 1 aliphatic rings. The second kappa shape index (κ2) is 5.29. The lowest BCUT2D eigenvalue weighted by Crippen LogP contribution is -2.59. The van der Waals surface area contributed by atoms with E-state index in [9.17, 15) is 0 Å². The van der Waals surface area contributed by atoms with E-state index in [4.69, 9.17) is 9.47 Å². The third-order valence-corrected chi connectivity index (χ3v) is 3.44. The highest BCUT2D eigenvalue weighted by molar-refractivity contribution is 5.26. The highest BCUT2D eigenvalue weighted by Crippen LogP contribution is 2.23. The van der Waals surface area contributed by atoms with Gasteiger partial charge in [0.15, 0.2) is 0 Å². The van der Waals surface area contributed by atoms with E-state index >= 15 is 0 Å². The SMILES string of the molecule is COc1ccc(COC2CN(C(C)(C)C)C2)cc1. The Morgan fingerprint density at radius 2 is 1.78 bits per heavy atom. The molecule has 0 amide bonds. The van der Waals surface area contributed by atoms with Gasteiger partial charge in [-0.2, -0.15) is 0 Å². The first-order chi connectivity index (χ1) is 8.49. The van der Waals surface area contributed by atoms with Gasteiger partial charge in [-0.05, 0) is 38.5 Å². The number of likely N-dealkylation sites (tertiary alicyclic amines) is 1. The lowest BCUT2D eigenvalue weighted by atomic mass is 9.99. The Morgan fingerprint density at radius 1 is 1.17 bits per heavy atom. The van der Waals surface area contributed by atoms with Crippen LogP contribution in [-0.4, -0.2) is 36.7 Å². The molecule has 0 unspecified atom stereocenters. The zero-order valence-corrected chi connectivity index (χ0v) is 11.8. The predicted octanol–water partition coefficient (Wildman–Crippen LogP) is 2.69. The summed E-state index contributed by atoms with van der Waals surface area (Å²) >= 11 is 0. The molecule has 100 valence electrons. The number of ether oxygens (including phenoxy) is 2. The molecule has 0 spiro atoms. The Balaban J connectivity index is 1.73. The van der Waals surface area contributed by atoms with Gasteiger partial charge in [0, 0.05) is 18.6 Å². The van der Waals surface area contributed by atoms with Gasteiger partial charge >= 0.3 is 0 Å². The van der Waals surface area contributed by atoms with Gasteiger partial charge < -0.3 is 9.47 Å². The van der Waals surface area contributed by atoms with Crippen molar-refractivity contribution in [3.63, 3.8) is 0 Å². The van der Waals surface area contributed by atoms with Crippen LogP contribution in [-0.2, 0) is 11.3 Å². The van der Waals surface area contributed by atoms with Crippen LogP contribution in [0.15, 0.2) is 24.3 Å². The standard InChI is InChI=1S/C15H23NO2/c1-15(2,3)16-9-14(10-16)18-11-12-5-7-13(17-4)8-6-12/h5-8,14H,9-11H2,1-4H3. The molecule has 1 aromatic carbocycles. The summed E-state index contributed by atoms with van der Waals surface area (Å²) in [5, 5.41) is 0. The number of benzene rings is 1. The zero-order valence-electron chi connectivity index (χ0n) is 11.8. The van der Waals surface area contributed by atoms with Crippen molar-refractivity contribution in [3.05, 3.63) is 29.8 Å². The largest absolute Gasteiger partial charge is 0.497 e. The molecule has 3 heteroatoms. The van der Waals surface area contributed by atoms with Gasteiger partial charge in [-0.1, -0.05) is 12.1 Å². The van der Waals surface area contributed by atoms with Crippen molar-refractivity contribution in [2.45, 2.75) is 39.0 Å². The van der Waals surface area contributed by atoms with Crippen molar-refractivity contribution in [2.75, 3.05) is 20.2 Å². The predicted molar refractivity (Wildman–Crippen MR) is 72.9 cm³/mol. The molecule has 18 heavy (non-hydrogen) atoms. The van der Waals surface area contributed by atoms with Gasteiger partial charge in [0.2, 0.25) is 0 Å². The first kappa shape index (κ1) is 13.4. The summed E-state index contributed by atoms with van der Waals surface area (Å²) in [7, 11) is 1.68. The van der Waals surface area contributed by atoms with Crippen molar-refractivity contribution < 1.29 is 9.47 Å². The van der Waals surface area contributed by atoms with Crippen LogP contribution in [0.2, 0.25) is 0 Å². The fourth-order valence-electron chi connectivity index (χ4n) is 2.03. The van der Waals surface area contributed by atoms with Gasteiger partial charge in [0.25, 0.3) is 0 Å². The summed E-state index contributed by atoms with van der Waals surface area (Å²) in [5.74, 6) is 0.890. The van der Waals surface area contributed by atoms with Gasteiger partial charge in [-0.25, -0.2) is 0 Å². The molecule has 1 heterocycles. The molecule has 0 bridgehead atoms. The Kier molecular flexibility index (Phi) is 3.93. The Bertz CT molecular complexity index is 374. The fraction of sp³-hybridized carbons (Fsp3) is 0.600. The second-order valence-electron chi connectivity index (χ2n) is 5.86. The average Bonchev–Trinajstić information content (AvgIpc) is 2.26. The van der Waals surface area contributed by atoms with E-state index in [2.05, 4.69) is 37.8 Å². The summed E-state index contributed by atoms with van der Waals surface area (Å²) in [4.78, 5) is 2.44. The maximum atomic E-state index is 5.88. The van der Waals surface area contributed by atoms with Crippen LogP contribution < -0.4 is 4.74 Å². The number of nitrogens with zero attached hydrogens (tertiary/aromatic N) is 1. The van der Waals surface area contributed by atoms with Crippen molar-refractivity contribution in [1.82, 2.24) is 4.90 Å². The first-order valence-corrected chi connectivity index (χ1v) is 6.48. The van der Waals surface area contributed by atoms with E-state index in [0.29, 0.717) is 12.7 Å². The maximum absolute atomic E-state index is 5.88. The lowest BCUT2D eigenvalue weighted by molar-refractivity contribution is -0.0950. The van der Waals surface area contributed by atoms with Crippen molar-refractivity contribution >= 4 is 0 Å². The molecule has 0 aliphatic carbocycles. The van der Waals surface area contributed by atoms with Crippen LogP contribution in [0.25, 0.3) is 0 Å². The molecule has 1 aromatic rings. The van der Waals surface area contributed by atoms with Crippen LogP contribution >= 0.6 is 0 Å². The zero-order chi connectivity index (χ0) is 13.2. The molecule has 0 aromatic heterocycles. The molecule has 0 N–H and O–H groups in total. The molecule has 2 rings (SSSR count). The Hall–Kier alpha value is -1.06. The molecule has 0 saturated carbocycles. The summed E-state index contributed by atoms with van der Waals surface area (Å²) in [5.41, 5.74) is 1.46. The third kappa shape index (κ3) is 3.24. The van der Waals surface area contributed by atoms with Crippen molar-refractivity contribution in [3.8, 4) is 5.75 Å². The average molecular weight is 249 g/mol. The molecule has 3 nitrogen and oxygen atoms in total. The number of methoxy groups -OCH3 is 1. The van der Waals surface area contributed by atoms with E-state index in [1.54, 1.807) is 7.11 Å². The van der Waals surface area contributed by atoms with Crippen LogP contribution in [0.5, 0.6) is 5.75 Å². The summed E-state index contributed by atoms with van der Waals surface area (Å²) in [6.07, 6.45) is 0.381. The van der Waals surface area contributed by atoms with Gasteiger partial charge in [0.1, 0.15) is 5.75 Å². The van der Waals surface area contributed by atoms with E-state index in [1.807, 2.05) is 12.1 Å². The normalized spacial score (nSPS) is 17.6. The minimum absolute atomic E-state index is 0.264. The van der Waals surface area contributed by atoms with Crippen LogP contribution in [0, 0.1) is 0 Å².